The van der Waals surface area contributed by atoms with Crippen molar-refractivity contribution in [2.24, 2.45) is 4.99 Å². The van der Waals surface area contributed by atoms with Gasteiger partial charge in [0.2, 0.25) is 0 Å². The number of hydrogen-bond donors (Lipinski definition) is 0. The lowest BCUT2D eigenvalue weighted by Crippen LogP contribution is -2.02. The molecule has 1 aliphatic heterocycles. The highest BCUT2D eigenvalue weighted by molar-refractivity contribution is 5.90. The molecule has 1 atom stereocenters. The lowest BCUT2D eigenvalue weighted by atomic mass is 10.0. The summed E-state index contributed by atoms with van der Waals surface area (Å²) in [6, 6.07) is 0.495. The second-order valence-corrected chi connectivity index (χ2v) is 5.29. The Morgan fingerprint density at radius 3 is 2.65 bits per heavy atom. The molecule has 0 aromatic rings. The minimum absolute atomic E-state index is 0.434. The lowest BCUT2D eigenvalue weighted by molar-refractivity contribution is -0.119. The third-order valence-electron chi connectivity index (χ3n) is 3.51. The fourth-order valence-corrected chi connectivity index (χ4v) is 2.34. The molecule has 0 aromatic carbocycles. The van der Waals surface area contributed by atoms with Gasteiger partial charge in [-0.2, -0.15) is 0 Å². The summed E-state index contributed by atoms with van der Waals surface area (Å²) < 4.78 is 0. The second-order valence-electron chi connectivity index (χ2n) is 5.29. The van der Waals surface area contributed by atoms with Crippen LogP contribution in [-0.4, -0.2) is 17.5 Å². The first-order chi connectivity index (χ1) is 8.22. The van der Waals surface area contributed by atoms with Gasteiger partial charge < -0.3 is 0 Å². The first-order valence-electron chi connectivity index (χ1n) is 7.29. The van der Waals surface area contributed by atoms with Crippen LogP contribution in [0.1, 0.15) is 78.1 Å². The van der Waals surface area contributed by atoms with Crippen molar-refractivity contribution in [3.8, 4) is 0 Å². The average molecular weight is 237 g/mol. The van der Waals surface area contributed by atoms with Gasteiger partial charge in [0.05, 0.1) is 0 Å². The predicted molar refractivity (Wildman–Crippen MR) is 73.7 cm³/mol. The Kier molecular flexibility index (Phi) is 7.14. The van der Waals surface area contributed by atoms with E-state index in [0.29, 0.717) is 11.8 Å². The largest absolute Gasteiger partial charge is 0.300 e. The van der Waals surface area contributed by atoms with Gasteiger partial charge in [0.1, 0.15) is 5.78 Å². The van der Waals surface area contributed by atoms with Crippen molar-refractivity contribution < 1.29 is 4.79 Å². The van der Waals surface area contributed by atoms with Gasteiger partial charge in [-0.15, -0.1) is 0 Å². The van der Waals surface area contributed by atoms with Crippen molar-refractivity contribution in [1.29, 1.82) is 0 Å². The fourth-order valence-electron chi connectivity index (χ4n) is 2.34. The van der Waals surface area contributed by atoms with Crippen LogP contribution in [0.4, 0.5) is 0 Å². The SMILES string of the molecule is CCCCCCCC(=O)CCC1=N[C@H](C)CC1. The summed E-state index contributed by atoms with van der Waals surface area (Å²) in [5.41, 5.74) is 1.27. The maximum atomic E-state index is 11.7. The molecule has 0 saturated carbocycles. The average Bonchev–Trinajstić information content (AvgIpc) is 2.72. The summed E-state index contributed by atoms with van der Waals surface area (Å²) in [5, 5.41) is 0. The summed E-state index contributed by atoms with van der Waals surface area (Å²) >= 11 is 0. The monoisotopic (exact) mass is 237 g/mol. The van der Waals surface area contributed by atoms with Crippen molar-refractivity contribution in [1.82, 2.24) is 0 Å². The van der Waals surface area contributed by atoms with Gasteiger partial charge >= 0.3 is 0 Å². The van der Waals surface area contributed by atoms with Gasteiger partial charge in [-0.25, -0.2) is 0 Å². The number of aliphatic imine (C=N–C) groups is 1. The van der Waals surface area contributed by atoms with Crippen molar-refractivity contribution in [2.75, 3.05) is 0 Å². The van der Waals surface area contributed by atoms with E-state index in [1.165, 1.54) is 37.8 Å². The molecule has 1 aliphatic rings. The molecule has 2 heteroatoms. The van der Waals surface area contributed by atoms with Crippen LogP contribution in [0.25, 0.3) is 0 Å². The Balaban J connectivity index is 2.00. The molecule has 0 aromatic heterocycles. The smallest absolute Gasteiger partial charge is 0.133 e. The number of carbonyl (C=O) groups excluding carboxylic acids is 1. The summed E-state index contributed by atoms with van der Waals surface area (Å²) in [6.45, 7) is 4.37. The molecule has 1 heterocycles. The Hall–Kier alpha value is -0.660. The van der Waals surface area contributed by atoms with Crippen molar-refractivity contribution in [3.05, 3.63) is 0 Å². The van der Waals surface area contributed by atoms with Crippen LogP contribution in [0, 0.1) is 0 Å². The standard InChI is InChI=1S/C15H27NO/c1-3-4-5-6-7-8-15(17)12-11-14-10-9-13(2)16-14/h13H,3-12H2,1-2H3/t13-/m1/s1. The van der Waals surface area contributed by atoms with Gasteiger partial charge in [-0.05, 0) is 32.6 Å². The molecule has 17 heavy (non-hydrogen) atoms. The normalized spacial score (nSPS) is 19.4. The van der Waals surface area contributed by atoms with E-state index in [2.05, 4.69) is 18.8 Å². The number of rotatable bonds is 9. The van der Waals surface area contributed by atoms with Crippen LogP contribution in [0.15, 0.2) is 4.99 Å². The molecule has 2 nitrogen and oxygen atoms in total. The lowest BCUT2D eigenvalue weighted by Gasteiger charge is -2.01. The zero-order chi connectivity index (χ0) is 12.5. The van der Waals surface area contributed by atoms with E-state index in [1.54, 1.807) is 0 Å². The minimum Gasteiger partial charge on any atom is -0.300 e. The van der Waals surface area contributed by atoms with Crippen molar-refractivity contribution >= 4 is 11.5 Å². The molecule has 0 spiro atoms. The van der Waals surface area contributed by atoms with Gasteiger partial charge in [-0.1, -0.05) is 32.6 Å². The van der Waals surface area contributed by atoms with Crippen molar-refractivity contribution in [3.63, 3.8) is 0 Å². The molecule has 0 saturated heterocycles. The summed E-state index contributed by atoms with van der Waals surface area (Å²) in [5.74, 6) is 0.434. The number of nitrogens with zero attached hydrogens (tertiary/aromatic N) is 1. The molecule has 0 aliphatic carbocycles. The molecule has 0 unspecified atom stereocenters. The van der Waals surface area contributed by atoms with E-state index in [4.69, 9.17) is 0 Å². The van der Waals surface area contributed by atoms with E-state index >= 15 is 0 Å². The molecule has 0 N–H and O–H groups in total. The minimum atomic E-state index is 0.434. The van der Waals surface area contributed by atoms with Crippen LogP contribution < -0.4 is 0 Å². The van der Waals surface area contributed by atoms with Crippen molar-refractivity contribution in [2.45, 2.75) is 84.1 Å². The summed E-state index contributed by atoms with van der Waals surface area (Å²) in [7, 11) is 0. The molecular formula is C15H27NO. The molecular weight excluding hydrogens is 210 g/mol. The zero-order valence-corrected chi connectivity index (χ0v) is 11.5. The van der Waals surface area contributed by atoms with Crippen LogP contribution >= 0.6 is 0 Å². The highest BCUT2D eigenvalue weighted by atomic mass is 16.1. The number of ketones is 1. The van der Waals surface area contributed by atoms with Crippen LogP contribution in [0.2, 0.25) is 0 Å². The fraction of sp³-hybridized carbons (Fsp3) is 0.867. The molecule has 0 amide bonds. The summed E-state index contributed by atoms with van der Waals surface area (Å²) in [4.78, 5) is 16.2. The number of carbonyl (C=O) groups is 1. The van der Waals surface area contributed by atoms with E-state index in [0.717, 1.165) is 32.1 Å². The molecule has 0 radical (unpaired) electrons. The number of Topliss-reactive ketones (excluding diaryl/α,β-unsaturated/α-hetero) is 1. The first-order valence-corrected chi connectivity index (χ1v) is 7.29. The van der Waals surface area contributed by atoms with Crippen LogP contribution in [0.5, 0.6) is 0 Å². The third kappa shape index (κ3) is 6.60. The number of unbranched alkanes of at least 4 members (excludes halogenated alkanes) is 4. The topological polar surface area (TPSA) is 29.4 Å². The molecule has 0 bridgehead atoms. The predicted octanol–water partition coefficient (Wildman–Crippen LogP) is 4.32. The van der Waals surface area contributed by atoms with Crippen LogP contribution in [0.3, 0.4) is 0 Å². The molecule has 0 fully saturated rings. The molecule has 1 rings (SSSR count). The second kappa shape index (κ2) is 8.43. The maximum absolute atomic E-state index is 11.7. The quantitative estimate of drug-likeness (QED) is 0.549. The Morgan fingerprint density at radius 1 is 1.24 bits per heavy atom. The molecule has 98 valence electrons. The van der Waals surface area contributed by atoms with E-state index in [9.17, 15) is 4.79 Å². The van der Waals surface area contributed by atoms with E-state index < -0.39 is 0 Å². The summed E-state index contributed by atoms with van der Waals surface area (Å²) in [6.07, 6.45) is 10.9. The first kappa shape index (κ1) is 14.4. The van der Waals surface area contributed by atoms with Gasteiger partial charge in [-0.3, -0.25) is 9.79 Å². The van der Waals surface area contributed by atoms with Crippen LogP contribution in [-0.2, 0) is 4.79 Å². The van der Waals surface area contributed by atoms with Gasteiger partial charge in [0.25, 0.3) is 0 Å². The third-order valence-corrected chi connectivity index (χ3v) is 3.51. The number of hydrogen-bond acceptors (Lipinski definition) is 2. The van der Waals surface area contributed by atoms with Gasteiger partial charge in [0.15, 0.2) is 0 Å². The van der Waals surface area contributed by atoms with E-state index in [-0.39, 0.29) is 0 Å². The highest BCUT2D eigenvalue weighted by Gasteiger charge is 2.13. The van der Waals surface area contributed by atoms with E-state index in [1.807, 2.05) is 0 Å². The Labute approximate surface area is 106 Å². The maximum Gasteiger partial charge on any atom is 0.133 e. The Bertz CT molecular complexity index is 258. The zero-order valence-electron chi connectivity index (χ0n) is 11.5. The van der Waals surface area contributed by atoms with Gasteiger partial charge in [0, 0.05) is 24.6 Å². The highest BCUT2D eigenvalue weighted by Crippen LogP contribution is 2.16. The Morgan fingerprint density at radius 2 is 2.00 bits per heavy atom.